The molecule has 0 spiro atoms. The Morgan fingerprint density at radius 1 is 1.21 bits per heavy atom. The Kier molecular flexibility index (Phi) is 6.14. The highest BCUT2D eigenvalue weighted by atomic mass is 32.2. The van der Waals surface area contributed by atoms with Gasteiger partial charge in [-0.3, -0.25) is 4.79 Å². The first kappa shape index (κ1) is 20.5. The number of rotatable bonds is 7. The molecule has 1 aliphatic heterocycles. The molecule has 11 heteroatoms. The fourth-order valence-electron chi connectivity index (χ4n) is 3.27. The molecule has 2 aromatic heterocycles. The van der Waals surface area contributed by atoms with Crippen LogP contribution in [0.1, 0.15) is 47.5 Å². The van der Waals surface area contributed by atoms with E-state index in [1.165, 1.54) is 10.6 Å². The minimum atomic E-state index is -3.15. The van der Waals surface area contributed by atoms with Crippen molar-refractivity contribution in [3.63, 3.8) is 0 Å². The van der Waals surface area contributed by atoms with E-state index in [4.69, 9.17) is 9.05 Å². The van der Waals surface area contributed by atoms with Gasteiger partial charge in [0.25, 0.3) is 0 Å². The van der Waals surface area contributed by atoms with E-state index in [0.717, 1.165) is 11.3 Å². The van der Waals surface area contributed by atoms with Crippen LogP contribution in [0.15, 0.2) is 9.05 Å². The van der Waals surface area contributed by atoms with Crippen molar-refractivity contribution in [2.45, 2.75) is 45.4 Å². The first-order valence-corrected chi connectivity index (χ1v) is 11.0. The summed E-state index contributed by atoms with van der Waals surface area (Å²) >= 11 is 0. The number of nitrogens with one attached hydrogen (secondary N) is 1. The topological polar surface area (TPSA) is 131 Å². The van der Waals surface area contributed by atoms with E-state index >= 15 is 0 Å². The van der Waals surface area contributed by atoms with Gasteiger partial charge in [-0.15, -0.1) is 0 Å². The van der Waals surface area contributed by atoms with Crippen LogP contribution in [0.3, 0.4) is 0 Å². The number of nitrogens with zero attached hydrogens (tertiary/aromatic N) is 4. The second-order valence-corrected chi connectivity index (χ2v) is 9.04. The molecule has 0 aliphatic carbocycles. The van der Waals surface area contributed by atoms with E-state index in [1.54, 1.807) is 13.8 Å². The molecule has 2 aromatic rings. The van der Waals surface area contributed by atoms with Crippen molar-refractivity contribution in [3.05, 3.63) is 28.7 Å². The highest BCUT2D eigenvalue weighted by Crippen LogP contribution is 2.27. The number of hydrogen-bond acceptors (Lipinski definition) is 8. The van der Waals surface area contributed by atoms with Crippen molar-refractivity contribution in [1.82, 2.24) is 24.9 Å². The lowest BCUT2D eigenvalue weighted by Gasteiger charge is -2.28. The molecule has 3 heterocycles. The van der Waals surface area contributed by atoms with Crippen LogP contribution >= 0.6 is 0 Å². The third kappa shape index (κ3) is 4.96. The van der Waals surface area contributed by atoms with Crippen LogP contribution in [-0.2, 0) is 27.7 Å². The molecule has 1 aliphatic rings. The van der Waals surface area contributed by atoms with Crippen LogP contribution in [0.2, 0.25) is 0 Å². The first-order valence-electron chi connectivity index (χ1n) is 9.20. The smallest absolute Gasteiger partial charge is 0.228 e. The molecule has 0 aromatic carbocycles. The molecular formula is C17H25N5O5S. The van der Waals surface area contributed by atoms with E-state index < -0.39 is 10.0 Å². The van der Waals surface area contributed by atoms with Crippen LogP contribution in [0.5, 0.6) is 0 Å². The van der Waals surface area contributed by atoms with Gasteiger partial charge in [0, 0.05) is 37.5 Å². The maximum Gasteiger partial charge on any atom is 0.228 e. The van der Waals surface area contributed by atoms with Gasteiger partial charge in [0.15, 0.2) is 5.82 Å². The number of hydrogen-bond donors (Lipinski definition) is 1. The van der Waals surface area contributed by atoms with Gasteiger partial charge in [0.05, 0.1) is 18.4 Å². The fraction of sp³-hybridized carbons (Fsp3) is 0.647. The normalized spacial score (nSPS) is 16.4. The number of piperidine rings is 1. The number of aromatic nitrogens is 3. The van der Waals surface area contributed by atoms with Gasteiger partial charge in [0.2, 0.25) is 21.8 Å². The molecule has 1 fully saturated rings. The number of sulfonamides is 1. The molecule has 0 bridgehead atoms. The quantitative estimate of drug-likeness (QED) is 0.705. The second kappa shape index (κ2) is 8.39. The summed E-state index contributed by atoms with van der Waals surface area (Å²) in [4.78, 5) is 16.5. The summed E-state index contributed by atoms with van der Waals surface area (Å²) < 4.78 is 34.9. The molecule has 10 nitrogen and oxygen atoms in total. The highest BCUT2D eigenvalue weighted by Gasteiger charge is 2.28. The first-order chi connectivity index (χ1) is 13.2. The Morgan fingerprint density at radius 2 is 1.93 bits per heavy atom. The predicted molar refractivity (Wildman–Crippen MR) is 99.1 cm³/mol. The van der Waals surface area contributed by atoms with Crippen molar-refractivity contribution < 1.29 is 22.3 Å². The Balaban J connectivity index is 1.44. The Bertz CT molecular complexity index is 908. The second-order valence-electron chi connectivity index (χ2n) is 7.06. The van der Waals surface area contributed by atoms with Crippen molar-refractivity contribution >= 4 is 15.9 Å². The zero-order valence-electron chi connectivity index (χ0n) is 16.3. The third-order valence-corrected chi connectivity index (χ3v) is 6.25. The van der Waals surface area contributed by atoms with Crippen molar-refractivity contribution in [1.29, 1.82) is 0 Å². The van der Waals surface area contributed by atoms with Gasteiger partial charge in [-0.2, -0.15) is 4.98 Å². The van der Waals surface area contributed by atoms with Gasteiger partial charge in [-0.25, -0.2) is 12.7 Å². The highest BCUT2D eigenvalue weighted by molar-refractivity contribution is 7.88. The summed E-state index contributed by atoms with van der Waals surface area (Å²) in [6.45, 7) is 4.90. The molecule has 1 saturated heterocycles. The summed E-state index contributed by atoms with van der Waals surface area (Å²) in [5, 5.41) is 10.7. The van der Waals surface area contributed by atoms with Gasteiger partial charge in [0.1, 0.15) is 5.76 Å². The molecule has 0 unspecified atom stereocenters. The fourth-order valence-corrected chi connectivity index (χ4v) is 4.14. The molecule has 1 N–H and O–H groups in total. The van der Waals surface area contributed by atoms with E-state index in [1.807, 2.05) is 0 Å². The van der Waals surface area contributed by atoms with E-state index in [-0.39, 0.29) is 18.2 Å². The molecule has 0 saturated carbocycles. The lowest BCUT2D eigenvalue weighted by Crippen LogP contribution is -2.37. The van der Waals surface area contributed by atoms with Gasteiger partial charge in [-0.1, -0.05) is 10.3 Å². The maximum absolute atomic E-state index is 12.1. The number of carbonyl (C=O) groups excluding carboxylic acids is 1. The Hall–Kier alpha value is -2.27. The van der Waals surface area contributed by atoms with E-state index in [2.05, 4.69) is 20.6 Å². The number of amides is 1. The molecule has 1 amide bonds. The summed E-state index contributed by atoms with van der Waals surface area (Å²) in [5.41, 5.74) is 1.52. The van der Waals surface area contributed by atoms with Gasteiger partial charge >= 0.3 is 0 Å². The van der Waals surface area contributed by atoms with Crippen LogP contribution in [-0.4, -0.2) is 59.8 Å². The van der Waals surface area contributed by atoms with Gasteiger partial charge in [-0.05, 0) is 26.7 Å². The van der Waals surface area contributed by atoms with Crippen LogP contribution < -0.4 is 5.32 Å². The van der Waals surface area contributed by atoms with Crippen LogP contribution in [0.4, 0.5) is 0 Å². The number of carbonyl (C=O) groups is 1. The average molecular weight is 411 g/mol. The summed E-state index contributed by atoms with van der Waals surface area (Å²) in [5.74, 6) is 1.67. The van der Waals surface area contributed by atoms with E-state index in [9.17, 15) is 13.2 Å². The van der Waals surface area contributed by atoms with Gasteiger partial charge < -0.3 is 14.4 Å². The average Bonchev–Trinajstić information content (AvgIpc) is 3.23. The minimum absolute atomic E-state index is 0.0876. The zero-order chi connectivity index (χ0) is 20.3. The molecule has 0 atom stereocenters. The lowest BCUT2D eigenvalue weighted by molar-refractivity contribution is -0.120. The monoisotopic (exact) mass is 411 g/mol. The summed E-state index contributed by atoms with van der Waals surface area (Å²) in [6.07, 6.45) is 3.21. The summed E-state index contributed by atoms with van der Waals surface area (Å²) in [6, 6.07) is 0. The molecular weight excluding hydrogens is 386 g/mol. The largest absolute Gasteiger partial charge is 0.361 e. The maximum atomic E-state index is 12.1. The predicted octanol–water partition coefficient (Wildman–Crippen LogP) is 0.715. The lowest BCUT2D eigenvalue weighted by atomic mass is 9.97. The van der Waals surface area contributed by atoms with Crippen molar-refractivity contribution in [3.8, 4) is 0 Å². The molecule has 3 rings (SSSR count). The van der Waals surface area contributed by atoms with Crippen molar-refractivity contribution in [2.24, 2.45) is 0 Å². The molecule has 0 radical (unpaired) electrons. The zero-order valence-corrected chi connectivity index (χ0v) is 17.1. The molecule has 154 valence electrons. The van der Waals surface area contributed by atoms with Crippen LogP contribution in [0, 0.1) is 13.8 Å². The standard InChI is InChI=1S/C17H25N5O5S/c1-11-14(12(2)26-20-11)10-15(23)18-7-4-16-19-17(21-27-16)13-5-8-22(9-6-13)28(3,24)25/h13H,4-10H2,1-3H3,(H,18,23). The van der Waals surface area contributed by atoms with Crippen molar-refractivity contribution in [2.75, 3.05) is 25.9 Å². The minimum Gasteiger partial charge on any atom is -0.361 e. The summed E-state index contributed by atoms with van der Waals surface area (Å²) in [7, 11) is -3.15. The number of aryl methyl sites for hydroxylation is 2. The van der Waals surface area contributed by atoms with Crippen LogP contribution in [0.25, 0.3) is 0 Å². The SMILES string of the molecule is Cc1noc(C)c1CC(=O)NCCc1nc(C2CCN(S(C)(=O)=O)CC2)no1. The third-order valence-electron chi connectivity index (χ3n) is 4.95. The Labute approximate surface area is 163 Å². The van der Waals surface area contributed by atoms with E-state index in [0.29, 0.717) is 56.4 Å². The molecule has 28 heavy (non-hydrogen) atoms. The Morgan fingerprint density at radius 3 is 2.54 bits per heavy atom.